The molecule has 27 heavy (non-hydrogen) atoms. The van der Waals surface area contributed by atoms with Crippen molar-refractivity contribution in [2.75, 3.05) is 0 Å². The highest BCUT2D eigenvalue weighted by Crippen LogP contribution is 2.22. The Morgan fingerprint density at radius 2 is 1.93 bits per heavy atom. The van der Waals surface area contributed by atoms with Crippen molar-refractivity contribution in [1.29, 1.82) is 0 Å². The lowest BCUT2D eigenvalue weighted by molar-refractivity contribution is -0.139. The van der Waals surface area contributed by atoms with E-state index < -0.39 is 11.8 Å². The molecule has 0 saturated carbocycles. The van der Waals surface area contributed by atoms with Crippen LogP contribution in [-0.4, -0.2) is 24.1 Å². The number of nitrogens with one attached hydrogen (secondary N) is 2. The molecule has 0 aliphatic rings. The SMILES string of the molecule is CC(C)NC(=O)C(=O)N/N=C\c1cccc(OCc2ccc(Cl)cc2Cl)c1. The Morgan fingerprint density at radius 3 is 2.63 bits per heavy atom. The van der Waals surface area contributed by atoms with Gasteiger partial charge >= 0.3 is 11.8 Å². The topological polar surface area (TPSA) is 79.8 Å². The highest BCUT2D eigenvalue weighted by atomic mass is 35.5. The van der Waals surface area contributed by atoms with Crippen molar-refractivity contribution in [1.82, 2.24) is 10.7 Å². The van der Waals surface area contributed by atoms with E-state index in [1.807, 2.05) is 0 Å². The molecule has 0 aliphatic carbocycles. The van der Waals surface area contributed by atoms with E-state index in [0.717, 1.165) is 5.56 Å². The van der Waals surface area contributed by atoms with E-state index in [9.17, 15) is 9.59 Å². The van der Waals surface area contributed by atoms with Crippen molar-refractivity contribution in [2.45, 2.75) is 26.5 Å². The molecule has 0 aliphatic heterocycles. The Hall–Kier alpha value is -2.57. The van der Waals surface area contributed by atoms with Crippen LogP contribution in [0.5, 0.6) is 5.75 Å². The van der Waals surface area contributed by atoms with Gasteiger partial charge in [-0.25, -0.2) is 5.43 Å². The maximum Gasteiger partial charge on any atom is 0.329 e. The van der Waals surface area contributed by atoms with Gasteiger partial charge in [0.05, 0.1) is 6.21 Å². The number of hydrogen-bond acceptors (Lipinski definition) is 4. The Labute approximate surface area is 167 Å². The number of amides is 2. The summed E-state index contributed by atoms with van der Waals surface area (Å²) in [4.78, 5) is 23.0. The van der Waals surface area contributed by atoms with E-state index in [2.05, 4.69) is 15.8 Å². The molecule has 8 heteroatoms. The number of halogens is 2. The maximum atomic E-state index is 11.6. The molecule has 142 valence electrons. The Balaban J connectivity index is 1.92. The Bertz CT molecular complexity index is 854. The Morgan fingerprint density at radius 1 is 1.15 bits per heavy atom. The fraction of sp³-hybridized carbons (Fsp3) is 0.211. The number of rotatable bonds is 6. The van der Waals surface area contributed by atoms with Crippen LogP contribution >= 0.6 is 23.2 Å². The van der Waals surface area contributed by atoms with Crippen molar-refractivity contribution in [3.05, 3.63) is 63.6 Å². The molecule has 2 N–H and O–H groups in total. The second-order valence-electron chi connectivity index (χ2n) is 5.92. The van der Waals surface area contributed by atoms with E-state index >= 15 is 0 Å². The van der Waals surface area contributed by atoms with Gasteiger partial charge in [-0.05, 0) is 43.7 Å². The molecule has 0 saturated heterocycles. The quantitative estimate of drug-likeness (QED) is 0.436. The number of hydrogen-bond donors (Lipinski definition) is 2. The number of ether oxygens (including phenoxy) is 1. The first-order valence-corrected chi connectivity index (χ1v) is 8.91. The van der Waals surface area contributed by atoms with Gasteiger partial charge in [-0.2, -0.15) is 5.10 Å². The minimum atomic E-state index is -0.829. The van der Waals surface area contributed by atoms with Crippen LogP contribution in [0.1, 0.15) is 25.0 Å². The van der Waals surface area contributed by atoms with Gasteiger partial charge in [-0.15, -0.1) is 0 Å². The number of carbonyl (C=O) groups excluding carboxylic acids is 2. The number of nitrogens with zero attached hydrogens (tertiary/aromatic N) is 1. The first-order valence-electron chi connectivity index (χ1n) is 8.16. The molecule has 0 aromatic heterocycles. The molecule has 2 aromatic rings. The summed E-state index contributed by atoms with van der Waals surface area (Å²) in [5.74, 6) is -0.961. The van der Waals surface area contributed by atoms with Crippen LogP contribution in [-0.2, 0) is 16.2 Å². The van der Waals surface area contributed by atoms with Crippen LogP contribution in [0.2, 0.25) is 10.0 Å². The van der Waals surface area contributed by atoms with Crippen LogP contribution in [0.25, 0.3) is 0 Å². The lowest BCUT2D eigenvalue weighted by Crippen LogP contribution is -2.41. The first kappa shape index (κ1) is 20.7. The molecule has 0 bridgehead atoms. The molecule has 2 aromatic carbocycles. The summed E-state index contributed by atoms with van der Waals surface area (Å²) in [6.07, 6.45) is 1.42. The standard InChI is InChI=1S/C19H19Cl2N3O3/c1-12(2)23-18(25)19(26)24-22-10-13-4-3-5-16(8-13)27-11-14-6-7-15(20)9-17(14)21/h3-10,12H,11H2,1-2H3,(H,23,25)(H,24,26)/b22-10-. The summed E-state index contributed by atoms with van der Waals surface area (Å²) < 4.78 is 5.72. The number of hydrazone groups is 1. The summed E-state index contributed by atoms with van der Waals surface area (Å²) in [5.41, 5.74) is 3.68. The van der Waals surface area contributed by atoms with E-state index in [1.54, 1.807) is 56.3 Å². The molecule has 0 spiro atoms. The minimum absolute atomic E-state index is 0.129. The molecule has 0 atom stereocenters. The fourth-order valence-electron chi connectivity index (χ4n) is 2.03. The molecule has 6 nitrogen and oxygen atoms in total. The van der Waals surface area contributed by atoms with E-state index in [1.165, 1.54) is 6.21 Å². The van der Waals surface area contributed by atoms with Crippen molar-refractivity contribution in [3.63, 3.8) is 0 Å². The van der Waals surface area contributed by atoms with Gasteiger partial charge in [0.1, 0.15) is 12.4 Å². The second-order valence-corrected chi connectivity index (χ2v) is 6.77. The van der Waals surface area contributed by atoms with Gasteiger partial charge in [0, 0.05) is 21.7 Å². The number of carbonyl (C=O) groups is 2. The predicted molar refractivity (Wildman–Crippen MR) is 106 cm³/mol. The highest BCUT2D eigenvalue weighted by molar-refractivity contribution is 6.35. The van der Waals surface area contributed by atoms with Crippen molar-refractivity contribution in [3.8, 4) is 5.75 Å². The zero-order chi connectivity index (χ0) is 19.8. The summed E-state index contributed by atoms with van der Waals surface area (Å²) in [6.45, 7) is 3.80. The average Bonchev–Trinajstić information content (AvgIpc) is 2.60. The fourth-order valence-corrected chi connectivity index (χ4v) is 2.49. The normalized spacial score (nSPS) is 10.9. The summed E-state index contributed by atoms with van der Waals surface area (Å²) in [6, 6.07) is 12.2. The van der Waals surface area contributed by atoms with Crippen LogP contribution in [0, 0.1) is 0 Å². The van der Waals surface area contributed by atoms with E-state index in [-0.39, 0.29) is 12.6 Å². The highest BCUT2D eigenvalue weighted by Gasteiger charge is 2.12. The smallest absolute Gasteiger partial charge is 0.329 e. The van der Waals surface area contributed by atoms with Crippen LogP contribution in [0.3, 0.4) is 0 Å². The van der Waals surface area contributed by atoms with Gasteiger partial charge in [-0.3, -0.25) is 9.59 Å². The van der Waals surface area contributed by atoms with Gasteiger partial charge in [0.15, 0.2) is 0 Å². The van der Waals surface area contributed by atoms with E-state index in [0.29, 0.717) is 21.4 Å². The van der Waals surface area contributed by atoms with Crippen LogP contribution < -0.4 is 15.5 Å². The van der Waals surface area contributed by atoms with Gasteiger partial charge < -0.3 is 10.1 Å². The molecular weight excluding hydrogens is 389 g/mol. The zero-order valence-electron chi connectivity index (χ0n) is 14.8. The molecule has 0 radical (unpaired) electrons. The van der Waals surface area contributed by atoms with E-state index in [4.69, 9.17) is 27.9 Å². The summed E-state index contributed by atoms with van der Waals surface area (Å²) >= 11 is 12.0. The molecule has 0 unspecified atom stereocenters. The zero-order valence-corrected chi connectivity index (χ0v) is 16.3. The largest absolute Gasteiger partial charge is 0.489 e. The van der Waals surface area contributed by atoms with Gasteiger partial charge in [0.2, 0.25) is 0 Å². The summed E-state index contributed by atoms with van der Waals surface area (Å²) in [7, 11) is 0. The lowest BCUT2D eigenvalue weighted by atomic mass is 10.2. The van der Waals surface area contributed by atoms with Crippen LogP contribution in [0.15, 0.2) is 47.6 Å². The van der Waals surface area contributed by atoms with Crippen molar-refractivity contribution < 1.29 is 14.3 Å². The van der Waals surface area contributed by atoms with Gasteiger partial charge in [0.25, 0.3) is 0 Å². The van der Waals surface area contributed by atoms with Crippen LogP contribution in [0.4, 0.5) is 0 Å². The monoisotopic (exact) mass is 407 g/mol. The maximum absolute atomic E-state index is 11.6. The third-order valence-electron chi connectivity index (χ3n) is 3.27. The van der Waals surface area contributed by atoms with Crippen molar-refractivity contribution >= 4 is 41.2 Å². The molecule has 0 heterocycles. The number of benzene rings is 2. The minimum Gasteiger partial charge on any atom is -0.489 e. The third kappa shape index (κ3) is 6.92. The predicted octanol–water partition coefficient (Wildman–Crippen LogP) is 3.55. The molecule has 0 fully saturated rings. The molecular formula is C19H19Cl2N3O3. The third-order valence-corrected chi connectivity index (χ3v) is 3.86. The summed E-state index contributed by atoms with van der Waals surface area (Å²) in [5, 5.41) is 7.34. The lowest BCUT2D eigenvalue weighted by Gasteiger charge is -2.08. The second kappa shape index (κ2) is 9.94. The van der Waals surface area contributed by atoms with Crippen molar-refractivity contribution in [2.24, 2.45) is 5.10 Å². The average molecular weight is 408 g/mol. The molecule has 2 amide bonds. The Kier molecular flexibility index (Phi) is 7.64. The molecule has 2 rings (SSSR count). The van der Waals surface area contributed by atoms with Gasteiger partial charge in [-0.1, -0.05) is 41.4 Å². The first-order chi connectivity index (χ1) is 12.8.